The highest BCUT2D eigenvalue weighted by Crippen LogP contribution is 2.13. The molecule has 0 saturated heterocycles. The standard InChI is InChI=1S/C10H14N4O4S/c1-6(9(11)14-16)10(15)13-7-2-4-8(5-3-7)19(12,17)18/h2-6,16H,1H3,(H2,11,14)(H,13,15)(H2,12,17,18). The zero-order valence-corrected chi connectivity index (χ0v) is 10.9. The van der Waals surface area contributed by atoms with Gasteiger partial charge in [0, 0.05) is 5.69 Å². The molecule has 0 heterocycles. The first kappa shape index (κ1) is 14.9. The summed E-state index contributed by atoms with van der Waals surface area (Å²) in [6.07, 6.45) is 0. The molecule has 104 valence electrons. The van der Waals surface area contributed by atoms with Crippen molar-refractivity contribution >= 4 is 27.5 Å². The Bertz CT molecular complexity index is 594. The topological polar surface area (TPSA) is 148 Å². The van der Waals surface area contributed by atoms with Gasteiger partial charge >= 0.3 is 0 Å². The maximum absolute atomic E-state index is 11.7. The highest BCUT2D eigenvalue weighted by Gasteiger charge is 2.17. The summed E-state index contributed by atoms with van der Waals surface area (Å²) in [4.78, 5) is 11.6. The summed E-state index contributed by atoms with van der Waals surface area (Å²) >= 11 is 0. The number of oxime groups is 1. The number of amides is 1. The number of hydrogen-bond donors (Lipinski definition) is 4. The molecular formula is C10H14N4O4S. The minimum Gasteiger partial charge on any atom is -0.409 e. The molecule has 1 aromatic carbocycles. The second-order valence-corrected chi connectivity index (χ2v) is 5.37. The van der Waals surface area contributed by atoms with E-state index in [1.807, 2.05) is 0 Å². The Morgan fingerprint density at radius 3 is 2.32 bits per heavy atom. The molecule has 0 fully saturated rings. The van der Waals surface area contributed by atoms with Gasteiger partial charge in [-0.2, -0.15) is 0 Å². The van der Waals surface area contributed by atoms with Gasteiger partial charge in [-0.05, 0) is 31.2 Å². The lowest BCUT2D eigenvalue weighted by atomic mass is 10.1. The van der Waals surface area contributed by atoms with Crippen LogP contribution in [-0.2, 0) is 14.8 Å². The van der Waals surface area contributed by atoms with Crippen molar-refractivity contribution in [2.45, 2.75) is 11.8 Å². The summed E-state index contributed by atoms with van der Waals surface area (Å²) in [5, 5.41) is 18.6. The van der Waals surface area contributed by atoms with Gasteiger partial charge in [0.25, 0.3) is 0 Å². The summed E-state index contributed by atoms with van der Waals surface area (Å²) in [5.74, 6) is -1.53. The minimum atomic E-state index is -3.77. The van der Waals surface area contributed by atoms with Crippen LogP contribution < -0.4 is 16.2 Å². The molecule has 0 bridgehead atoms. The monoisotopic (exact) mass is 286 g/mol. The number of carbonyl (C=O) groups is 1. The Kier molecular flexibility index (Phi) is 4.46. The van der Waals surface area contributed by atoms with Crippen molar-refractivity contribution in [3.8, 4) is 0 Å². The van der Waals surface area contributed by atoms with Crippen LogP contribution in [0.3, 0.4) is 0 Å². The third-order valence-corrected chi connectivity index (χ3v) is 3.33. The van der Waals surface area contributed by atoms with Crippen LogP contribution in [0.2, 0.25) is 0 Å². The number of amidine groups is 1. The Labute approximate surface area is 110 Å². The molecule has 0 aliphatic carbocycles. The number of sulfonamides is 1. The molecule has 0 spiro atoms. The van der Waals surface area contributed by atoms with Gasteiger partial charge in [0.1, 0.15) is 0 Å². The van der Waals surface area contributed by atoms with Crippen molar-refractivity contribution in [1.82, 2.24) is 0 Å². The molecule has 19 heavy (non-hydrogen) atoms. The number of benzene rings is 1. The van der Waals surface area contributed by atoms with Crippen molar-refractivity contribution in [2.75, 3.05) is 5.32 Å². The van der Waals surface area contributed by atoms with Crippen LogP contribution in [0.15, 0.2) is 34.3 Å². The molecular weight excluding hydrogens is 272 g/mol. The fraction of sp³-hybridized carbons (Fsp3) is 0.200. The first-order chi connectivity index (χ1) is 8.75. The van der Waals surface area contributed by atoms with Gasteiger partial charge in [0.05, 0.1) is 10.8 Å². The second kappa shape index (κ2) is 5.67. The summed E-state index contributed by atoms with van der Waals surface area (Å²) < 4.78 is 22.1. The van der Waals surface area contributed by atoms with E-state index in [4.69, 9.17) is 16.1 Å². The minimum absolute atomic E-state index is 0.0602. The summed E-state index contributed by atoms with van der Waals surface area (Å²) in [5.41, 5.74) is 5.67. The average Bonchev–Trinajstić information content (AvgIpc) is 2.36. The van der Waals surface area contributed by atoms with Gasteiger partial charge < -0.3 is 16.3 Å². The van der Waals surface area contributed by atoms with Gasteiger partial charge in [-0.25, -0.2) is 13.6 Å². The fourth-order valence-corrected chi connectivity index (χ4v) is 1.71. The predicted octanol–water partition coefficient (Wildman–Crippen LogP) is -0.345. The maximum atomic E-state index is 11.7. The molecule has 0 radical (unpaired) electrons. The first-order valence-electron chi connectivity index (χ1n) is 5.17. The Balaban J connectivity index is 2.82. The number of nitrogens with zero attached hydrogens (tertiary/aromatic N) is 1. The summed E-state index contributed by atoms with van der Waals surface area (Å²) in [6, 6.07) is 5.30. The van der Waals surface area contributed by atoms with E-state index in [1.54, 1.807) is 0 Å². The van der Waals surface area contributed by atoms with Crippen LogP contribution in [0.1, 0.15) is 6.92 Å². The molecule has 0 aliphatic rings. The van der Waals surface area contributed by atoms with Crippen LogP contribution >= 0.6 is 0 Å². The number of hydrogen-bond acceptors (Lipinski definition) is 5. The molecule has 8 nitrogen and oxygen atoms in total. The molecule has 0 aromatic heterocycles. The lowest BCUT2D eigenvalue weighted by Crippen LogP contribution is -2.32. The van der Waals surface area contributed by atoms with Gasteiger partial charge in [0.2, 0.25) is 15.9 Å². The Morgan fingerprint density at radius 1 is 1.37 bits per heavy atom. The van der Waals surface area contributed by atoms with Crippen LogP contribution in [0, 0.1) is 5.92 Å². The zero-order chi connectivity index (χ0) is 14.6. The van der Waals surface area contributed by atoms with Gasteiger partial charge in [-0.15, -0.1) is 0 Å². The lowest BCUT2D eigenvalue weighted by Gasteiger charge is -2.10. The van der Waals surface area contributed by atoms with E-state index in [1.165, 1.54) is 31.2 Å². The van der Waals surface area contributed by atoms with E-state index in [2.05, 4.69) is 10.5 Å². The molecule has 9 heteroatoms. The smallest absolute Gasteiger partial charge is 0.238 e. The number of nitrogens with two attached hydrogens (primary N) is 2. The van der Waals surface area contributed by atoms with E-state index < -0.39 is 21.8 Å². The number of rotatable bonds is 4. The van der Waals surface area contributed by atoms with Gasteiger partial charge in [-0.1, -0.05) is 5.16 Å². The van der Waals surface area contributed by atoms with Crippen LogP contribution in [-0.4, -0.2) is 25.4 Å². The van der Waals surface area contributed by atoms with E-state index in [0.29, 0.717) is 5.69 Å². The normalized spacial score (nSPS) is 13.9. The van der Waals surface area contributed by atoms with Crippen molar-refractivity contribution in [3.05, 3.63) is 24.3 Å². The van der Waals surface area contributed by atoms with Crippen LogP contribution in [0.4, 0.5) is 5.69 Å². The number of carbonyl (C=O) groups excluding carboxylic acids is 1. The average molecular weight is 286 g/mol. The van der Waals surface area contributed by atoms with Crippen LogP contribution in [0.25, 0.3) is 0 Å². The molecule has 0 aliphatic heterocycles. The molecule has 1 aromatic rings. The van der Waals surface area contributed by atoms with Gasteiger partial charge in [-0.3, -0.25) is 4.79 Å². The largest absolute Gasteiger partial charge is 0.409 e. The van der Waals surface area contributed by atoms with Crippen molar-refractivity contribution in [2.24, 2.45) is 21.9 Å². The summed E-state index contributed by atoms with van der Waals surface area (Å²) in [6.45, 7) is 1.46. The SMILES string of the molecule is CC(C(=O)Nc1ccc(S(N)(=O)=O)cc1)C(N)=NO. The fourth-order valence-electron chi connectivity index (χ4n) is 1.20. The number of anilines is 1. The molecule has 1 unspecified atom stereocenters. The number of nitrogens with one attached hydrogen (secondary N) is 1. The third kappa shape index (κ3) is 3.93. The third-order valence-electron chi connectivity index (χ3n) is 2.40. The van der Waals surface area contributed by atoms with Crippen LogP contribution in [0.5, 0.6) is 0 Å². The van der Waals surface area contributed by atoms with E-state index in [-0.39, 0.29) is 10.7 Å². The highest BCUT2D eigenvalue weighted by molar-refractivity contribution is 7.89. The quantitative estimate of drug-likeness (QED) is 0.258. The maximum Gasteiger partial charge on any atom is 0.238 e. The predicted molar refractivity (Wildman–Crippen MR) is 69.0 cm³/mol. The van der Waals surface area contributed by atoms with E-state index >= 15 is 0 Å². The Hall–Kier alpha value is -2.13. The van der Waals surface area contributed by atoms with Crippen molar-refractivity contribution in [1.29, 1.82) is 0 Å². The summed E-state index contributed by atoms with van der Waals surface area (Å²) in [7, 11) is -3.77. The van der Waals surface area contributed by atoms with Crippen molar-refractivity contribution in [3.63, 3.8) is 0 Å². The molecule has 1 amide bonds. The first-order valence-corrected chi connectivity index (χ1v) is 6.71. The van der Waals surface area contributed by atoms with E-state index in [0.717, 1.165) is 0 Å². The highest BCUT2D eigenvalue weighted by atomic mass is 32.2. The Morgan fingerprint density at radius 2 is 1.89 bits per heavy atom. The molecule has 0 saturated carbocycles. The van der Waals surface area contributed by atoms with Gasteiger partial charge in [0.15, 0.2) is 5.84 Å². The van der Waals surface area contributed by atoms with E-state index in [9.17, 15) is 13.2 Å². The molecule has 1 rings (SSSR count). The molecule has 1 atom stereocenters. The second-order valence-electron chi connectivity index (χ2n) is 3.81. The zero-order valence-electron chi connectivity index (χ0n) is 10.1. The lowest BCUT2D eigenvalue weighted by molar-refractivity contribution is -0.117. The molecule has 6 N–H and O–H groups in total. The number of primary sulfonamides is 1. The van der Waals surface area contributed by atoms with Crippen molar-refractivity contribution < 1.29 is 18.4 Å².